The van der Waals surface area contributed by atoms with Crippen LogP contribution in [0.1, 0.15) is 60.7 Å². The van der Waals surface area contributed by atoms with E-state index in [1.54, 1.807) is 6.07 Å². The summed E-state index contributed by atoms with van der Waals surface area (Å²) >= 11 is 0. The normalized spacial score (nSPS) is 24.4. The zero-order valence-electron chi connectivity index (χ0n) is 16.9. The molecule has 0 aromatic heterocycles. The lowest BCUT2D eigenvalue weighted by atomic mass is 9.82. The number of benzene rings is 2. The molecule has 152 valence electrons. The Hall–Kier alpha value is -2.77. The van der Waals surface area contributed by atoms with Gasteiger partial charge in [0.2, 0.25) is 5.78 Å². The lowest BCUT2D eigenvalue weighted by molar-refractivity contribution is -0.385. The molecule has 2 atom stereocenters. The summed E-state index contributed by atoms with van der Waals surface area (Å²) < 4.78 is 6.03. The monoisotopic (exact) mass is 396 g/mol. The fraction of sp³-hybridized carbons (Fsp3) is 0.409. The first kappa shape index (κ1) is 19.5. The Morgan fingerprint density at radius 1 is 1.17 bits per heavy atom. The highest BCUT2D eigenvalue weighted by Crippen LogP contribution is 2.59. The summed E-state index contributed by atoms with van der Waals surface area (Å²) in [6.45, 7) is 8.47. The number of carbonyl (C=O) groups excluding carboxylic acids is 1. The van der Waals surface area contributed by atoms with E-state index in [0.717, 1.165) is 5.56 Å². The molecule has 1 heterocycles. The van der Waals surface area contributed by atoms with Crippen molar-refractivity contribution in [1.82, 2.24) is 5.32 Å². The fourth-order valence-corrected chi connectivity index (χ4v) is 4.30. The van der Waals surface area contributed by atoms with Gasteiger partial charge in [-0.1, -0.05) is 52.0 Å². The molecular weight excluding hydrogens is 372 g/mol. The molecule has 4 rings (SSSR count). The minimum atomic E-state index is -2.06. The highest BCUT2D eigenvalue weighted by Gasteiger charge is 2.72. The number of nitrogens with zero attached hydrogens (tertiary/aromatic N) is 1. The highest BCUT2D eigenvalue weighted by atomic mass is 16.6. The van der Waals surface area contributed by atoms with Crippen LogP contribution >= 0.6 is 0 Å². The van der Waals surface area contributed by atoms with Gasteiger partial charge in [0, 0.05) is 17.2 Å². The third kappa shape index (κ3) is 2.47. The van der Waals surface area contributed by atoms with Crippen molar-refractivity contribution < 1.29 is 19.6 Å². The molecule has 0 radical (unpaired) electrons. The number of hydrogen-bond acceptors (Lipinski definition) is 6. The molecule has 1 aliphatic carbocycles. The molecule has 2 aliphatic rings. The molecule has 2 N–H and O–H groups in total. The summed E-state index contributed by atoms with van der Waals surface area (Å²) in [5, 5.41) is 26.5. The van der Waals surface area contributed by atoms with Crippen LogP contribution in [0.15, 0.2) is 36.4 Å². The molecule has 0 spiro atoms. The summed E-state index contributed by atoms with van der Waals surface area (Å²) in [5.74, 6) is -1.76. The van der Waals surface area contributed by atoms with Crippen LogP contribution in [-0.2, 0) is 11.3 Å². The van der Waals surface area contributed by atoms with Crippen LogP contribution in [0.2, 0.25) is 0 Å². The van der Waals surface area contributed by atoms with Gasteiger partial charge >= 0.3 is 0 Å². The average molecular weight is 396 g/mol. The first-order chi connectivity index (χ1) is 13.6. The number of nitro benzene ring substituents is 1. The van der Waals surface area contributed by atoms with E-state index in [0.29, 0.717) is 17.9 Å². The summed E-state index contributed by atoms with van der Waals surface area (Å²) in [5.41, 5.74) is -0.426. The Morgan fingerprint density at radius 3 is 2.52 bits per heavy atom. The second kappa shape index (κ2) is 6.37. The van der Waals surface area contributed by atoms with Gasteiger partial charge in [-0.3, -0.25) is 20.2 Å². The third-order valence-corrected chi connectivity index (χ3v) is 5.79. The van der Waals surface area contributed by atoms with Gasteiger partial charge in [-0.2, -0.15) is 0 Å². The van der Waals surface area contributed by atoms with Crippen molar-refractivity contribution in [3.8, 4) is 5.75 Å². The molecule has 0 fully saturated rings. The van der Waals surface area contributed by atoms with E-state index in [2.05, 4.69) is 5.32 Å². The maximum Gasteiger partial charge on any atom is 0.280 e. The first-order valence-electron chi connectivity index (χ1n) is 9.77. The van der Waals surface area contributed by atoms with E-state index in [4.69, 9.17) is 4.74 Å². The van der Waals surface area contributed by atoms with Gasteiger partial charge in [0.1, 0.15) is 11.3 Å². The van der Waals surface area contributed by atoms with Crippen molar-refractivity contribution >= 4 is 11.5 Å². The molecule has 0 bridgehead atoms. The number of ether oxygens (including phenoxy) is 1. The lowest BCUT2D eigenvalue weighted by Crippen LogP contribution is -2.59. The van der Waals surface area contributed by atoms with Crippen molar-refractivity contribution in [2.45, 2.75) is 44.9 Å². The number of hydrogen-bond donors (Lipinski definition) is 2. The fourth-order valence-electron chi connectivity index (χ4n) is 4.30. The average Bonchev–Trinajstić information content (AvgIpc) is 3.03. The number of nitro groups is 1. The molecule has 29 heavy (non-hydrogen) atoms. The molecule has 0 saturated heterocycles. The van der Waals surface area contributed by atoms with Gasteiger partial charge in [-0.15, -0.1) is 0 Å². The second-order valence-corrected chi connectivity index (χ2v) is 8.47. The molecule has 1 aliphatic heterocycles. The number of aliphatic hydroxyl groups is 1. The van der Waals surface area contributed by atoms with E-state index >= 15 is 0 Å². The summed E-state index contributed by atoms with van der Waals surface area (Å²) in [4.78, 5) is 24.7. The van der Waals surface area contributed by atoms with Crippen molar-refractivity contribution in [3.63, 3.8) is 0 Å². The van der Waals surface area contributed by atoms with Crippen LogP contribution in [0.5, 0.6) is 5.75 Å². The quantitative estimate of drug-likeness (QED) is 0.592. The zero-order valence-corrected chi connectivity index (χ0v) is 16.9. The van der Waals surface area contributed by atoms with E-state index in [1.807, 2.05) is 39.8 Å². The maximum absolute atomic E-state index is 13.7. The predicted octanol–water partition coefficient (Wildman–Crippen LogP) is 3.59. The van der Waals surface area contributed by atoms with Gasteiger partial charge in [0.25, 0.3) is 11.5 Å². The van der Waals surface area contributed by atoms with E-state index < -0.39 is 22.0 Å². The van der Waals surface area contributed by atoms with Crippen molar-refractivity contribution in [1.29, 1.82) is 0 Å². The van der Waals surface area contributed by atoms with Crippen molar-refractivity contribution in [3.05, 3.63) is 68.8 Å². The van der Waals surface area contributed by atoms with E-state index in [1.165, 1.54) is 18.2 Å². The first-order valence-corrected chi connectivity index (χ1v) is 9.77. The molecule has 7 nitrogen and oxygen atoms in total. The number of rotatable bonds is 5. The molecule has 0 saturated carbocycles. The highest BCUT2D eigenvalue weighted by molar-refractivity contribution is 6.13. The number of fused-ring (bicyclic) bond motifs is 5. The summed E-state index contributed by atoms with van der Waals surface area (Å²) in [6, 6.07) is 9.79. The second-order valence-electron chi connectivity index (χ2n) is 8.47. The van der Waals surface area contributed by atoms with Crippen molar-refractivity contribution in [2.75, 3.05) is 6.54 Å². The molecule has 7 heteroatoms. The predicted molar refractivity (Wildman–Crippen MR) is 107 cm³/mol. The summed E-state index contributed by atoms with van der Waals surface area (Å²) in [7, 11) is 0. The van der Waals surface area contributed by atoms with Gasteiger partial charge in [-0.05, 0) is 30.0 Å². The maximum atomic E-state index is 13.7. The smallest absolute Gasteiger partial charge is 0.280 e. The van der Waals surface area contributed by atoms with Crippen LogP contribution in [0.25, 0.3) is 0 Å². The van der Waals surface area contributed by atoms with Crippen LogP contribution in [0.3, 0.4) is 0 Å². The SMILES string of the molecule is CC(C)CNC12C(=O)c3c([N+](=O)[O-])cccc3C1(O)Oc1cc(C(C)C)ccc12. The van der Waals surface area contributed by atoms with Gasteiger partial charge in [0.15, 0.2) is 5.54 Å². The lowest BCUT2D eigenvalue weighted by Gasteiger charge is -2.35. The Kier molecular flexibility index (Phi) is 4.29. The summed E-state index contributed by atoms with van der Waals surface area (Å²) in [6.07, 6.45) is 0. The van der Waals surface area contributed by atoms with Crippen LogP contribution in [0.4, 0.5) is 5.69 Å². The molecule has 2 aromatic carbocycles. The van der Waals surface area contributed by atoms with E-state index in [-0.39, 0.29) is 28.7 Å². The van der Waals surface area contributed by atoms with Gasteiger partial charge < -0.3 is 9.84 Å². The molecular formula is C22H24N2O5. The largest absolute Gasteiger partial charge is 0.455 e. The number of nitrogens with one attached hydrogen (secondary N) is 1. The number of carbonyl (C=O) groups is 1. The van der Waals surface area contributed by atoms with Crippen LogP contribution in [-0.4, -0.2) is 22.4 Å². The Balaban J connectivity index is 1.99. The van der Waals surface area contributed by atoms with Gasteiger partial charge in [0.05, 0.1) is 4.92 Å². The third-order valence-electron chi connectivity index (χ3n) is 5.79. The number of Topliss-reactive ketones (excluding diaryl/α,β-unsaturated/α-hetero) is 1. The molecule has 2 aromatic rings. The van der Waals surface area contributed by atoms with Crippen molar-refractivity contribution in [2.24, 2.45) is 5.92 Å². The number of ketones is 1. The standard InChI is InChI=1S/C22H24N2O5/c1-12(2)11-23-21-15-9-8-14(13(3)4)10-18(15)29-22(21,26)16-6-5-7-17(24(27)28)19(16)20(21)25/h5-10,12-13,23,26H,11H2,1-4H3. The minimum Gasteiger partial charge on any atom is -0.455 e. The zero-order chi connectivity index (χ0) is 21.1. The molecule has 2 unspecified atom stereocenters. The molecule has 0 amide bonds. The Morgan fingerprint density at radius 2 is 1.90 bits per heavy atom. The van der Waals surface area contributed by atoms with E-state index in [9.17, 15) is 20.0 Å². The Labute approximate surface area is 168 Å². The van der Waals surface area contributed by atoms with Crippen LogP contribution in [0, 0.1) is 16.0 Å². The van der Waals surface area contributed by atoms with Crippen LogP contribution < -0.4 is 10.1 Å². The van der Waals surface area contributed by atoms with Gasteiger partial charge in [-0.25, -0.2) is 0 Å². The Bertz CT molecular complexity index is 1030. The topological polar surface area (TPSA) is 102 Å². The minimum absolute atomic E-state index is 0.102.